The smallest absolute Gasteiger partial charge is 0.199 e. The number of fused-ring (bicyclic) bond motifs is 1. The maximum Gasteiger partial charge on any atom is 0.199 e. The minimum atomic E-state index is -1.81. The van der Waals surface area contributed by atoms with Crippen LogP contribution in [0.4, 0.5) is 0 Å². The molecule has 1 unspecified atom stereocenters. The molecule has 0 saturated heterocycles. The standard InChI is InChI=1S/C21H32O5Si/c1-20(2,3)27(6,7)25-12-8-11-21(4)17(14-22)19(23)16-13-15(24-5)9-10-18(16)26-21/h9-10,13-14,22H,8,11-12H2,1-7H3/b17-14+. The summed E-state index contributed by atoms with van der Waals surface area (Å²) < 4.78 is 17.6. The van der Waals surface area contributed by atoms with Crippen LogP contribution in [0.1, 0.15) is 50.9 Å². The van der Waals surface area contributed by atoms with E-state index in [1.807, 2.05) is 6.92 Å². The summed E-state index contributed by atoms with van der Waals surface area (Å²) in [7, 11) is -0.262. The minimum Gasteiger partial charge on any atom is -0.515 e. The fourth-order valence-electron chi connectivity index (χ4n) is 2.92. The second-order valence-electron chi connectivity index (χ2n) is 8.78. The van der Waals surface area contributed by atoms with E-state index in [-0.39, 0.29) is 16.4 Å². The lowest BCUT2D eigenvalue weighted by Gasteiger charge is -2.38. The molecule has 0 spiro atoms. The molecule has 27 heavy (non-hydrogen) atoms. The van der Waals surface area contributed by atoms with Crippen molar-refractivity contribution in [3.8, 4) is 11.5 Å². The monoisotopic (exact) mass is 392 g/mol. The summed E-state index contributed by atoms with van der Waals surface area (Å²) in [5.41, 5.74) is -0.218. The quantitative estimate of drug-likeness (QED) is 0.309. The molecule has 1 N–H and O–H groups in total. The Morgan fingerprint density at radius 2 is 1.96 bits per heavy atom. The molecule has 1 aliphatic heterocycles. The molecule has 6 heteroatoms. The van der Waals surface area contributed by atoms with Gasteiger partial charge in [-0.05, 0) is 56.1 Å². The van der Waals surface area contributed by atoms with Gasteiger partial charge < -0.3 is 19.0 Å². The van der Waals surface area contributed by atoms with Gasteiger partial charge in [0.25, 0.3) is 0 Å². The molecule has 0 aliphatic carbocycles. The fraction of sp³-hybridized carbons (Fsp3) is 0.571. The van der Waals surface area contributed by atoms with Crippen molar-refractivity contribution in [3.05, 3.63) is 35.6 Å². The lowest BCUT2D eigenvalue weighted by atomic mass is 9.83. The van der Waals surface area contributed by atoms with E-state index >= 15 is 0 Å². The first-order valence-corrected chi connectivity index (χ1v) is 12.3. The molecule has 1 aromatic rings. The Bertz CT molecular complexity index is 733. The summed E-state index contributed by atoms with van der Waals surface area (Å²) in [5, 5.41) is 9.88. The van der Waals surface area contributed by atoms with Crippen LogP contribution in [-0.4, -0.2) is 38.5 Å². The van der Waals surface area contributed by atoms with Crippen LogP contribution < -0.4 is 9.47 Å². The van der Waals surface area contributed by atoms with Gasteiger partial charge >= 0.3 is 0 Å². The molecule has 1 aliphatic rings. The van der Waals surface area contributed by atoms with Gasteiger partial charge in [-0.15, -0.1) is 0 Å². The van der Waals surface area contributed by atoms with Crippen molar-refractivity contribution in [2.75, 3.05) is 13.7 Å². The summed E-state index contributed by atoms with van der Waals surface area (Å²) in [4.78, 5) is 12.9. The molecule has 0 aromatic heterocycles. The number of carbonyl (C=O) groups is 1. The predicted octanol–water partition coefficient (Wildman–Crippen LogP) is 5.27. The Morgan fingerprint density at radius 1 is 1.30 bits per heavy atom. The molecule has 150 valence electrons. The van der Waals surface area contributed by atoms with Crippen LogP contribution in [0.25, 0.3) is 0 Å². The van der Waals surface area contributed by atoms with E-state index in [2.05, 4.69) is 33.9 Å². The topological polar surface area (TPSA) is 65.0 Å². The van der Waals surface area contributed by atoms with Gasteiger partial charge in [-0.1, -0.05) is 20.8 Å². The number of Topliss-reactive ketones (excluding diaryl/α,β-unsaturated/α-hetero) is 1. The first kappa shape index (κ1) is 21.5. The highest BCUT2D eigenvalue weighted by Gasteiger charge is 2.42. The van der Waals surface area contributed by atoms with Crippen molar-refractivity contribution in [3.63, 3.8) is 0 Å². The first-order chi connectivity index (χ1) is 12.4. The molecule has 0 saturated carbocycles. The van der Waals surface area contributed by atoms with Crippen molar-refractivity contribution in [2.45, 2.75) is 64.3 Å². The highest BCUT2D eigenvalue weighted by molar-refractivity contribution is 6.74. The molecule has 1 atom stereocenters. The molecular formula is C21H32O5Si. The largest absolute Gasteiger partial charge is 0.515 e. The normalized spacial score (nSPS) is 21.7. The second-order valence-corrected chi connectivity index (χ2v) is 13.6. The van der Waals surface area contributed by atoms with Gasteiger partial charge in [0.2, 0.25) is 0 Å². The van der Waals surface area contributed by atoms with Crippen LogP contribution in [0.3, 0.4) is 0 Å². The predicted molar refractivity (Wildman–Crippen MR) is 109 cm³/mol. The van der Waals surface area contributed by atoms with Crippen LogP contribution in [-0.2, 0) is 4.43 Å². The second kappa shape index (κ2) is 7.68. The van der Waals surface area contributed by atoms with Gasteiger partial charge in [0.05, 0.1) is 24.5 Å². The number of aliphatic hydroxyl groups excluding tert-OH is 1. The van der Waals surface area contributed by atoms with Crippen molar-refractivity contribution in [2.24, 2.45) is 0 Å². The molecule has 0 fully saturated rings. The number of rotatable bonds is 6. The lowest BCUT2D eigenvalue weighted by Crippen LogP contribution is -2.43. The van der Waals surface area contributed by atoms with E-state index in [4.69, 9.17) is 13.9 Å². The summed E-state index contributed by atoms with van der Waals surface area (Å²) in [6, 6.07) is 5.15. The summed E-state index contributed by atoms with van der Waals surface area (Å²) in [5.74, 6) is 0.860. The van der Waals surface area contributed by atoms with E-state index in [1.165, 1.54) is 0 Å². The average Bonchev–Trinajstić information content (AvgIpc) is 2.58. The molecule has 0 radical (unpaired) electrons. The van der Waals surface area contributed by atoms with Gasteiger partial charge in [-0.25, -0.2) is 0 Å². The van der Waals surface area contributed by atoms with E-state index in [0.717, 1.165) is 12.7 Å². The van der Waals surface area contributed by atoms with E-state index < -0.39 is 13.9 Å². The van der Waals surface area contributed by atoms with Crippen LogP contribution in [0, 0.1) is 0 Å². The maximum absolute atomic E-state index is 12.9. The maximum atomic E-state index is 12.9. The Morgan fingerprint density at radius 3 is 2.52 bits per heavy atom. The highest BCUT2D eigenvalue weighted by Crippen LogP contribution is 2.41. The average molecular weight is 393 g/mol. The number of ether oxygens (including phenoxy) is 2. The zero-order valence-corrected chi connectivity index (χ0v) is 18.5. The third-order valence-electron chi connectivity index (χ3n) is 5.78. The van der Waals surface area contributed by atoms with Gasteiger partial charge in [-0.2, -0.15) is 0 Å². The Balaban J connectivity index is 2.13. The minimum absolute atomic E-state index is 0.155. The Labute approximate surface area is 163 Å². The lowest BCUT2D eigenvalue weighted by molar-refractivity contribution is 0.0715. The van der Waals surface area contributed by atoms with Crippen LogP contribution >= 0.6 is 0 Å². The molecule has 5 nitrogen and oxygen atoms in total. The number of hydrogen-bond donors (Lipinski definition) is 1. The third-order valence-corrected chi connectivity index (χ3v) is 10.3. The Hall–Kier alpha value is -1.79. The van der Waals surface area contributed by atoms with Crippen molar-refractivity contribution in [1.29, 1.82) is 0 Å². The number of hydrogen-bond acceptors (Lipinski definition) is 5. The molecule has 1 aromatic carbocycles. The van der Waals surface area contributed by atoms with Crippen molar-refractivity contribution in [1.82, 2.24) is 0 Å². The van der Waals surface area contributed by atoms with Crippen molar-refractivity contribution >= 4 is 14.1 Å². The van der Waals surface area contributed by atoms with Gasteiger partial charge in [0.15, 0.2) is 14.1 Å². The first-order valence-electron chi connectivity index (χ1n) is 9.36. The summed E-state index contributed by atoms with van der Waals surface area (Å²) in [6.45, 7) is 13.5. The van der Waals surface area contributed by atoms with Crippen molar-refractivity contribution < 1.29 is 23.8 Å². The number of ketones is 1. The SMILES string of the molecule is COc1ccc2c(c1)C(=O)/C(=C\O)C(C)(CCCO[Si](C)(C)C(C)(C)C)O2. The highest BCUT2D eigenvalue weighted by atomic mass is 28.4. The van der Waals surface area contributed by atoms with Crippen LogP contribution in [0.15, 0.2) is 30.0 Å². The number of aliphatic hydroxyl groups is 1. The molecule has 1 heterocycles. The van der Waals surface area contributed by atoms with E-state index in [1.54, 1.807) is 25.3 Å². The molecule has 2 rings (SSSR count). The van der Waals surface area contributed by atoms with Gasteiger partial charge in [0, 0.05) is 6.61 Å². The number of methoxy groups -OCH3 is 1. The molecule has 0 bridgehead atoms. The van der Waals surface area contributed by atoms with Crippen LogP contribution in [0.2, 0.25) is 18.1 Å². The van der Waals surface area contributed by atoms with Gasteiger partial charge in [0.1, 0.15) is 17.1 Å². The number of carbonyl (C=O) groups excluding carboxylic acids is 1. The summed E-state index contributed by atoms with van der Waals surface area (Å²) in [6.07, 6.45) is 2.18. The third kappa shape index (κ3) is 4.38. The zero-order valence-electron chi connectivity index (χ0n) is 17.5. The molecular weight excluding hydrogens is 360 g/mol. The van der Waals surface area contributed by atoms with E-state index in [0.29, 0.717) is 30.1 Å². The van der Waals surface area contributed by atoms with E-state index in [9.17, 15) is 9.90 Å². The number of benzene rings is 1. The Kier molecular flexibility index (Phi) is 6.12. The molecule has 0 amide bonds. The van der Waals surface area contributed by atoms with Gasteiger partial charge in [-0.3, -0.25) is 4.79 Å². The van der Waals surface area contributed by atoms with Crippen LogP contribution in [0.5, 0.6) is 11.5 Å². The summed E-state index contributed by atoms with van der Waals surface area (Å²) >= 11 is 0. The fourth-order valence-corrected chi connectivity index (χ4v) is 4.01. The zero-order chi connectivity index (χ0) is 20.5.